The molecule has 0 radical (unpaired) electrons. The number of unbranched alkanes of at least 4 members (excludes halogenated alkanes) is 2. The van der Waals surface area contributed by atoms with E-state index in [1.54, 1.807) is 0 Å². The molecular weight excluding hydrogens is 289 g/mol. The Bertz CT molecular complexity index is 391. The maximum absolute atomic E-state index is 9.89. The van der Waals surface area contributed by atoms with E-state index < -0.39 is 6.23 Å². The van der Waals surface area contributed by atoms with E-state index in [9.17, 15) is 5.11 Å². The number of hydrogen-bond donors (Lipinski definition) is 1. The van der Waals surface area contributed by atoms with E-state index >= 15 is 0 Å². The van der Waals surface area contributed by atoms with Gasteiger partial charge >= 0.3 is 116 Å². The third-order valence-electron chi connectivity index (χ3n) is 3.16. The van der Waals surface area contributed by atoms with Crippen molar-refractivity contribution in [2.45, 2.75) is 50.1 Å². The Morgan fingerprint density at radius 3 is 2.78 bits per heavy atom. The van der Waals surface area contributed by atoms with Gasteiger partial charge in [0.15, 0.2) is 0 Å². The first-order valence-corrected chi connectivity index (χ1v) is 8.60. The normalized spacial score (nSPS) is 23.8. The topological polar surface area (TPSA) is 32.6 Å². The molecule has 2 atom stereocenters. The molecule has 0 amide bonds. The first kappa shape index (κ1) is 13.8. The Balaban J connectivity index is 1.98. The molecule has 0 aromatic heterocycles. The van der Waals surface area contributed by atoms with Crippen LogP contribution in [0, 0.1) is 0 Å². The van der Waals surface area contributed by atoms with Crippen LogP contribution in [0.25, 0.3) is 0 Å². The van der Waals surface area contributed by atoms with E-state index in [0.29, 0.717) is 19.8 Å². The van der Waals surface area contributed by atoms with Crippen LogP contribution < -0.4 is 0 Å². The summed E-state index contributed by atoms with van der Waals surface area (Å²) in [5.41, 5.74) is 1.36. The van der Waals surface area contributed by atoms with Gasteiger partial charge in [0.1, 0.15) is 0 Å². The van der Waals surface area contributed by atoms with Gasteiger partial charge < -0.3 is 0 Å². The molecule has 1 aliphatic heterocycles. The fraction of sp³-hybridized carbons (Fsp3) is 0.533. The number of rotatable bonds is 5. The van der Waals surface area contributed by atoms with Crippen LogP contribution in [0.1, 0.15) is 49.4 Å². The standard InChI is InChI=1S/C15H21NOSe/c1-2-3-5-10-15-16-14(17)11-13(18-15)12-8-6-4-7-9-12/h4,6-9,13-14,17H,2-3,5,10-11H2,1H3/t13-,14+/m0/s1. The van der Waals surface area contributed by atoms with E-state index in [0.717, 1.165) is 12.8 Å². The molecule has 1 aliphatic rings. The zero-order valence-electron chi connectivity index (χ0n) is 10.9. The summed E-state index contributed by atoms with van der Waals surface area (Å²) in [6.45, 7) is 2.22. The Hall–Kier alpha value is -0.631. The molecule has 3 heteroatoms. The molecule has 0 fully saturated rings. The number of benzene rings is 1. The average molecular weight is 310 g/mol. The fourth-order valence-electron chi connectivity index (χ4n) is 2.17. The second-order valence-corrected chi connectivity index (χ2v) is 7.39. The molecule has 1 N–H and O–H groups in total. The zero-order valence-corrected chi connectivity index (χ0v) is 12.6. The minimum atomic E-state index is -0.484. The molecule has 0 aliphatic carbocycles. The van der Waals surface area contributed by atoms with Crippen molar-refractivity contribution in [3.8, 4) is 0 Å². The van der Waals surface area contributed by atoms with E-state index in [-0.39, 0.29) is 0 Å². The van der Waals surface area contributed by atoms with Gasteiger partial charge in [0.05, 0.1) is 0 Å². The van der Waals surface area contributed by atoms with Crippen LogP contribution in [0.4, 0.5) is 0 Å². The molecule has 98 valence electrons. The summed E-state index contributed by atoms with van der Waals surface area (Å²) < 4.78 is 1.27. The molecule has 0 bridgehead atoms. The first-order chi connectivity index (χ1) is 8.79. The Morgan fingerprint density at radius 1 is 1.28 bits per heavy atom. The first-order valence-electron chi connectivity index (χ1n) is 6.76. The molecule has 2 nitrogen and oxygen atoms in total. The summed E-state index contributed by atoms with van der Waals surface area (Å²) in [4.78, 5) is 4.93. The van der Waals surface area contributed by atoms with Crippen molar-refractivity contribution >= 4 is 19.6 Å². The maximum atomic E-state index is 9.89. The van der Waals surface area contributed by atoms with Crippen LogP contribution in [0.15, 0.2) is 35.3 Å². The summed E-state index contributed by atoms with van der Waals surface area (Å²) in [5.74, 6) is 0. The van der Waals surface area contributed by atoms with E-state index in [1.807, 2.05) is 6.07 Å². The van der Waals surface area contributed by atoms with Gasteiger partial charge in [0, 0.05) is 0 Å². The summed E-state index contributed by atoms with van der Waals surface area (Å²) >= 11 is 0.411. The van der Waals surface area contributed by atoms with Gasteiger partial charge in [-0.15, -0.1) is 0 Å². The zero-order chi connectivity index (χ0) is 12.8. The van der Waals surface area contributed by atoms with E-state index in [1.165, 1.54) is 29.4 Å². The monoisotopic (exact) mass is 311 g/mol. The van der Waals surface area contributed by atoms with Crippen LogP contribution in [0.5, 0.6) is 0 Å². The van der Waals surface area contributed by atoms with Crippen LogP contribution >= 0.6 is 0 Å². The van der Waals surface area contributed by atoms with Crippen LogP contribution in [0.2, 0.25) is 0 Å². The molecule has 2 rings (SSSR count). The van der Waals surface area contributed by atoms with Crippen molar-refractivity contribution in [3.63, 3.8) is 0 Å². The Morgan fingerprint density at radius 2 is 2.06 bits per heavy atom. The van der Waals surface area contributed by atoms with Gasteiger partial charge in [0.25, 0.3) is 0 Å². The van der Waals surface area contributed by atoms with Gasteiger partial charge in [-0.3, -0.25) is 0 Å². The number of nitrogens with zero attached hydrogens (tertiary/aromatic N) is 1. The van der Waals surface area contributed by atoms with Crippen LogP contribution in [0.3, 0.4) is 0 Å². The molecule has 1 aromatic rings. The second-order valence-electron chi connectivity index (χ2n) is 4.71. The van der Waals surface area contributed by atoms with Gasteiger partial charge in [-0.1, -0.05) is 0 Å². The fourth-order valence-corrected chi connectivity index (χ4v) is 4.98. The molecule has 1 heterocycles. The average Bonchev–Trinajstić information content (AvgIpc) is 2.39. The Labute approximate surface area is 116 Å². The van der Waals surface area contributed by atoms with Gasteiger partial charge in [-0.25, -0.2) is 0 Å². The number of aliphatic hydroxyl groups is 1. The number of aliphatic hydroxyl groups excluding tert-OH is 1. The second kappa shape index (κ2) is 7.08. The molecule has 0 spiro atoms. The minimum absolute atomic E-state index is 0.411. The van der Waals surface area contributed by atoms with Crippen molar-refractivity contribution < 1.29 is 5.11 Å². The van der Waals surface area contributed by atoms with Crippen molar-refractivity contribution in [2.24, 2.45) is 4.99 Å². The molecule has 0 unspecified atom stereocenters. The Kier molecular flexibility index (Phi) is 5.43. The van der Waals surface area contributed by atoms with E-state index in [2.05, 4.69) is 36.2 Å². The predicted octanol–water partition coefficient (Wildman–Crippen LogP) is 3.13. The van der Waals surface area contributed by atoms with Crippen molar-refractivity contribution in [1.29, 1.82) is 0 Å². The predicted molar refractivity (Wildman–Crippen MR) is 77.1 cm³/mol. The summed E-state index contributed by atoms with van der Waals surface area (Å²) in [7, 11) is 0. The van der Waals surface area contributed by atoms with Crippen molar-refractivity contribution in [3.05, 3.63) is 35.9 Å². The number of hydrogen-bond acceptors (Lipinski definition) is 2. The van der Waals surface area contributed by atoms with E-state index in [4.69, 9.17) is 0 Å². The number of aliphatic imine (C=N–C) groups is 1. The van der Waals surface area contributed by atoms with Gasteiger partial charge in [-0.05, 0) is 0 Å². The van der Waals surface area contributed by atoms with Crippen LogP contribution in [-0.2, 0) is 0 Å². The molecule has 18 heavy (non-hydrogen) atoms. The molecular formula is C15H21NOSe. The summed E-state index contributed by atoms with van der Waals surface area (Å²) in [6.07, 6.45) is 5.11. The van der Waals surface area contributed by atoms with Gasteiger partial charge in [-0.2, -0.15) is 0 Å². The SMILES string of the molecule is CCCCCC1=N[C@H](O)C[C@@H](c2ccccc2)[Se]1. The van der Waals surface area contributed by atoms with Crippen molar-refractivity contribution in [1.82, 2.24) is 0 Å². The third kappa shape index (κ3) is 3.94. The van der Waals surface area contributed by atoms with Crippen molar-refractivity contribution in [2.75, 3.05) is 0 Å². The van der Waals surface area contributed by atoms with Gasteiger partial charge in [0.2, 0.25) is 0 Å². The summed E-state index contributed by atoms with van der Waals surface area (Å²) in [5, 5.41) is 9.89. The molecule has 1 aromatic carbocycles. The molecule has 0 saturated heterocycles. The third-order valence-corrected chi connectivity index (χ3v) is 5.95. The summed E-state index contributed by atoms with van der Waals surface area (Å²) in [6, 6.07) is 10.6. The van der Waals surface area contributed by atoms with Crippen LogP contribution in [-0.4, -0.2) is 30.9 Å². The molecule has 0 saturated carbocycles. The quantitative estimate of drug-likeness (QED) is 0.658.